The first kappa shape index (κ1) is 11.9. The number of benzene rings is 1. The second-order valence-electron chi connectivity index (χ2n) is 4.76. The first-order valence-electron chi connectivity index (χ1n) is 5.51. The molecule has 0 bridgehead atoms. The van der Waals surface area contributed by atoms with E-state index < -0.39 is 5.60 Å². The van der Waals surface area contributed by atoms with Gasteiger partial charge in [-0.15, -0.1) is 0 Å². The van der Waals surface area contributed by atoms with Gasteiger partial charge in [-0.3, -0.25) is 0 Å². The molecule has 1 aromatic heterocycles. The van der Waals surface area contributed by atoms with Crippen molar-refractivity contribution in [3.05, 3.63) is 48.0 Å². The van der Waals surface area contributed by atoms with Crippen molar-refractivity contribution >= 4 is 0 Å². The van der Waals surface area contributed by atoms with E-state index in [9.17, 15) is 9.50 Å². The van der Waals surface area contributed by atoms with E-state index >= 15 is 0 Å². The molecule has 2 nitrogen and oxygen atoms in total. The van der Waals surface area contributed by atoms with Crippen LogP contribution in [0.3, 0.4) is 0 Å². The first-order chi connectivity index (χ1) is 7.94. The summed E-state index contributed by atoms with van der Waals surface area (Å²) in [5.41, 5.74) is 0.0335. The lowest BCUT2D eigenvalue weighted by molar-refractivity contribution is 0.0754. The summed E-state index contributed by atoms with van der Waals surface area (Å²) in [7, 11) is 0. The first-order valence-corrected chi connectivity index (χ1v) is 5.51. The van der Waals surface area contributed by atoms with E-state index in [0.29, 0.717) is 12.2 Å². The molecule has 0 atom stereocenters. The van der Waals surface area contributed by atoms with Crippen molar-refractivity contribution in [3.8, 4) is 11.3 Å². The number of rotatable bonds is 3. The van der Waals surface area contributed by atoms with Gasteiger partial charge < -0.3 is 9.52 Å². The average molecular weight is 234 g/mol. The molecule has 3 heteroatoms. The third kappa shape index (κ3) is 3.17. The highest BCUT2D eigenvalue weighted by molar-refractivity contribution is 5.57. The molecule has 1 aromatic carbocycles. The highest BCUT2D eigenvalue weighted by Gasteiger charge is 2.16. The van der Waals surface area contributed by atoms with Gasteiger partial charge in [-0.25, -0.2) is 4.39 Å². The van der Waals surface area contributed by atoms with Crippen LogP contribution in [0.25, 0.3) is 11.3 Å². The molecule has 1 heterocycles. The molecule has 0 saturated carbocycles. The van der Waals surface area contributed by atoms with E-state index in [2.05, 4.69) is 0 Å². The third-order valence-electron chi connectivity index (χ3n) is 2.40. The summed E-state index contributed by atoms with van der Waals surface area (Å²) < 4.78 is 18.4. The van der Waals surface area contributed by atoms with Crippen LogP contribution in [0.15, 0.2) is 40.8 Å². The molecule has 1 N–H and O–H groups in total. The van der Waals surface area contributed by atoms with Crippen LogP contribution >= 0.6 is 0 Å². The summed E-state index contributed by atoms with van der Waals surface area (Å²) in [5.74, 6) is 1.14. The lowest BCUT2D eigenvalue weighted by atomic mass is 10.0. The third-order valence-corrected chi connectivity index (χ3v) is 2.40. The molecule has 90 valence electrons. The zero-order valence-electron chi connectivity index (χ0n) is 9.90. The molecule has 0 unspecified atom stereocenters. The molecule has 0 radical (unpaired) electrons. The van der Waals surface area contributed by atoms with Gasteiger partial charge >= 0.3 is 0 Å². The molecule has 0 spiro atoms. The van der Waals surface area contributed by atoms with Gasteiger partial charge in [0.05, 0.1) is 5.60 Å². The number of furan rings is 1. The maximum atomic E-state index is 12.8. The standard InChI is InChI=1S/C14H15FO2/c1-14(2,16)9-12-7-8-13(17-12)10-3-5-11(15)6-4-10/h3-8,16H,9H2,1-2H3. The molecule has 2 aromatic rings. The predicted molar refractivity (Wildman–Crippen MR) is 64.1 cm³/mol. The van der Waals surface area contributed by atoms with Gasteiger partial charge in [0.25, 0.3) is 0 Å². The molecule has 0 fully saturated rings. The van der Waals surface area contributed by atoms with Crippen LogP contribution in [0, 0.1) is 5.82 Å². The molecule has 0 saturated heterocycles. The summed E-state index contributed by atoms with van der Waals surface area (Å²) in [6.45, 7) is 3.46. The quantitative estimate of drug-likeness (QED) is 0.883. The van der Waals surface area contributed by atoms with Gasteiger partial charge in [-0.1, -0.05) is 0 Å². The normalized spacial score (nSPS) is 11.8. The van der Waals surface area contributed by atoms with Gasteiger partial charge in [0, 0.05) is 12.0 Å². The van der Waals surface area contributed by atoms with E-state index in [0.717, 1.165) is 11.3 Å². The Hall–Kier alpha value is -1.61. The van der Waals surface area contributed by atoms with Gasteiger partial charge in [0.1, 0.15) is 17.3 Å². The lowest BCUT2D eigenvalue weighted by Gasteiger charge is -2.14. The van der Waals surface area contributed by atoms with E-state index in [-0.39, 0.29) is 5.82 Å². The molecular weight excluding hydrogens is 219 g/mol. The Bertz CT molecular complexity index is 492. The Kier molecular flexibility index (Phi) is 3.03. The van der Waals surface area contributed by atoms with Crippen molar-refractivity contribution in [3.63, 3.8) is 0 Å². The second-order valence-corrected chi connectivity index (χ2v) is 4.76. The number of hydrogen-bond acceptors (Lipinski definition) is 2. The molecule has 2 rings (SSSR count). The van der Waals surface area contributed by atoms with Crippen LogP contribution in [0.1, 0.15) is 19.6 Å². The summed E-state index contributed by atoms with van der Waals surface area (Å²) in [4.78, 5) is 0. The summed E-state index contributed by atoms with van der Waals surface area (Å²) in [5, 5.41) is 9.68. The van der Waals surface area contributed by atoms with Crippen LogP contribution in [-0.2, 0) is 6.42 Å². The van der Waals surface area contributed by atoms with Crippen molar-refractivity contribution in [1.29, 1.82) is 0 Å². The van der Waals surface area contributed by atoms with Crippen LogP contribution in [-0.4, -0.2) is 10.7 Å². The van der Waals surface area contributed by atoms with Gasteiger partial charge in [-0.05, 0) is 50.2 Å². The zero-order chi connectivity index (χ0) is 12.5. The summed E-state index contributed by atoms with van der Waals surface area (Å²) in [6, 6.07) is 9.79. The van der Waals surface area contributed by atoms with Gasteiger partial charge in [0.2, 0.25) is 0 Å². The van der Waals surface area contributed by atoms with Crippen LogP contribution in [0.2, 0.25) is 0 Å². The smallest absolute Gasteiger partial charge is 0.134 e. The maximum Gasteiger partial charge on any atom is 0.134 e. The van der Waals surface area contributed by atoms with Crippen molar-refractivity contribution in [1.82, 2.24) is 0 Å². The molecule has 0 aliphatic rings. The number of halogens is 1. The fraction of sp³-hybridized carbons (Fsp3) is 0.286. The van der Waals surface area contributed by atoms with Crippen molar-refractivity contribution < 1.29 is 13.9 Å². The Morgan fingerprint density at radius 3 is 2.35 bits per heavy atom. The van der Waals surface area contributed by atoms with Gasteiger partial charge in [-0.2, -0.15) is 0 Å². The van der Waals surface area contributed by atoms with Crippen LogP contribution in [0.4, 0.5) is 4.39 Å². The molecular formula is C14H15FO2. The van der Waals surface area contributed by atoms with Crippen molar-refractivity contribution in [2.75, 3.05) is 0 Å². The van der Waals surface area contributed by atoms with E-state index in [4.69, 9.17) is 4.42 Å². The minimum absolute atomic E-state index is 0.267. The topological polar surface area (TPSA) is 33.4 Å². The molecule has 0 aliphatic carbocycles. The Balaban J connectivity index is 2.21. The monoisotopic (exact) mass is 234 g/mol. The Morgan fingerprint density at radius 2 is 1.76 bits per heavy atom. The Labute approximate surface area is 99.7 Å². The molecule has 0 aliphatic heterocycles. The fourth-order valence-electron chi connectivity index (χ4n) is 1.67. The molecule has 17 heavy (non-hydrogen) atoms. The van der Waals surface area contributed by atoms with E-state index in [1.54, 1.807) is 26.0 Å². The summed E-state index contributed by atoms with van der Waals surface area (Å²) >= 11 is 0. The lowest BCUT2D eigenvalue weighted by Crippen LogP contribution is -2.21. The minimum atomic E-state index is -0.794. The molecule has 0 amide bonds. The van der Waals surface area contributed by atoms with E-state index in [1.165, 1.54) is 12.1 Å². The van der Waals surface area contributed by atoms with Crippen molar-refractivity contribution in [2.45, 2.75) is 25.9 Å². The van der Waals surface area contributed by atoms with Crippen LogP contribution in [0.5, 0.6) is 0 Å². The number of aliphatic hydroxyl groups is 1. The van der Waals surface area contributed by atoms with Crippen LogP contribution < -0.4 is 0 Å². The van der Waals surface area contributed by atoms with Crippen molar-refractivity contribution in [2.24, 2.45) is 0 Å². The summed E-state index contributed by atoms with van der Waals surface area (Å²) in [6.07, 6.45) is 0.453. The number of hydrogen-bond donors (Lipinski definition) is 1. The highest BCUT2D eigenvalue weighted by atomic mass is 19.1. The fourth-order valence-corrected chi connectivity index (χ4v) is 1.67. The maximum absolute atomic E-state index is 12.8. The largest absolute Gasteiger partial charge is 0.461 e. The highest BCUT2D eigenvalue weighted by Crippen LogP contribution is 2.24. The average Bonchev–Trinajstić information content (AvgIpc) is 2.64. The zero-order valence-corrected chi connectivity index (χ0v) is 9.90. The predicted octanol–water partition coefficient (Wildman–Crippen LogP) is 3.40. The Morgan fingerprint density at radius 1 is 1.12 bits per heavy atom. The van der Waals surface area contributed by atoms with Gasteiger partial charge in [0.15, 0.2) is 0 Å². The SMILES string of the molecule is CC(C)(O)Cc1ccc(-c2ccc(F)cc2)o1. The van der Waals surface area contributed by atoms with E-state index in [1.807, 2.05) is 12.1 Å². The second kappa shape index (κ2) is 4.34. The minimum Gasteiger partial charge on any atom is -0.461 e.